The fourth-order valence-corrected chi connectivity index (χ4v) is 4.28. The van der Waals surface area contributed by atoms with Crippen LogP contribution in [-0.4, -0.2) is 20.8 Å². The van der Waals surface area contributed by atoms with Crippen LogP contribution in [0.5, 0.6) is 0 Å². The highest BCUT2D eigenvalue weighted by Crippen LogP contribution is 2.40. The Labute approximate surface area is 158 Å². The Morgan fingerprint density at radius 2 is 2.19 bits per heavy atom. The van der Waals surface area contributed by atoms with Gasteiger partial charge in [-0.1, -0.05) is 22.8 Å². The van der Waals surface area contributed by atoms with Gasteiger partial charge in [-0.2, -0.15) is 16.9 Å². The van der Waals surface area contributed by atoms with Crippen molar-refractivity contribution in [2.24, 2.45) is 0 Å². The third-order valence-corrected chi connectivity index (χ3v) is 5.78. The predicted octanol–water partition coefficient (Wildman–Crippen LogP) is 4.39. The lowest BCUT2D eigenvalue weighted by molar-refractivity contribution is 0.101. The topological polar surface area (TPSA) is 73.0 Å². The number of halogens is 1. The molecule has 1 amide bonds. The fraction of sp³-hybridized carbons (Fsp3) is 0.278. The molecule has 8 heteroatoms. The van der Waals surface area contributed by atoms with E-state index in [0.717, 1.165) is 47.1 Å². The van der Waals surface area contributed by atoms with Crippen LogP contribution in [0.2, 0.25) is 5.02 Å². The van der Waals surface area contributed by atoms with Gasteiger partial charge in [0.15, 0.2) is 5.69 Å². The molecule has 2 aliphatic rings. The van der Waals surface area contributed by atoms with Crippen LogP contribution in [-0.2, 0) is 11.5 Å². The zero-order valence-corrected chi connectivity index (χ0v) is 15.3. The van der Waals surface area contributed by atoms with Crippen LogP contribution in [0.4, 0.5) is 5.82 Å². The van der Waals surface area contributed by atoms with Crippen molar-refractivity contribution in [3.05, 3.63) is 58.1 Å². The molecule has 2 aromatic heterocycles. The van der Waals surface area contributed by atoms with Crippen LogP contribution in [0.15, 0.2) is 34.9 Å². The number of amides is 1. The summed E-state index contributed by atoms with van der Waals surface area (Å²) in [5, 5.41) is 12.2. The molecule has 3 aromatic rings. The Kier molecular flexibility index (Phi) is 3.79. The maximum atomic E-state index is 12.7. The lowest BCUT2D eigenvalue weighted by Crippen LogP contribution is -2.16. The second-order valence-corrected chi connectivity index (χ2v) is 7.92. The fourth-order valence-electron chi connectivity index (χ4n) is 3.06. The number of benzene rings is 1. The first-order chi connectivity index (χ1) is 12.7. The van der Waals surface area contributed by atoms with Gasteiger partial charge in [0, 0.05) is 34.1 Å². The largest absolute Gasteiger partial charge is 0.360 e. The van der Waals surface area contributed by atoms with Crippen LogP contribution in [0, 0.1) is 0 Å². The number of thioether (sulfide) groups is 1. The number of nitrogens with zero attached hydrogens (tertiary/aromatic N) is 3. The summed E-state index contributed by atoms with van der Waals surface area (Å²) < 4.78 is 7.04. The van der Waals surface area contributed by atoms with Crippen LogP contribution >= 0.6 is 23.4 Å². The molecule has 26 heavy (non-hydrogen) atoms. The first-order valence-corrected chi connectivity index (χ1v) is 9.95. The molecule has 1 fully saturated rings. The second kappa shape index (κ2) is 6.17. The van der Waals surface area contributed by atoms with Crippen LogP contribution in [0.25, 0.3) is 5.69 Å². The van der Waals surface area contributed by atoms with E-state index >= 15 is 0 Å². The number of hydrogen-bond donors (Lipinski definition) is 1. The molecule has 0 unspecified atom stereocenters. The summed E-state index contributed by atoms with van der Waals surface area (Å²) in [5.41, 5.74) is 3.15. The molecule has 6 nitrogen and oxygen atoms in total. The van der Waals surface area contributed by atoms with Gasteiger partial charge < -0.3 is 9.84 Å². The second-order valence-electron chi connectivity index (χ2n) is 6.50. The van der Waals surface area contributed by atoms with Gasteiger partial charge in [0.1, 0.15) is 11.6 Å². The van der Waals surface area contributed by atoms with E-state index in [1.54, 1.807) is 22.5 Å². The Morgan fingerprint density at radius 3 is 3.00 bits per heavy atom. The SMILES string of the molecule is O=C(Nc1c2c(nn1-c1cccc(Cl)c1)CSC2)c1cc(C2CC2)on1. The molecule has 1 aliphatic carbocycles. The van der Waals surface area contributed by atoms with Gasteiger partial charge in [0.2, 0.25) is 0 Å². The number of carbonyl (C=O) groups is 1. The minimum Gasteiger partial charge on any atom is -0.360 e. The first kappa shape index (κ1) is 16.0. The van der Waals surface area contributed by atoms with Crippen molar-refractivity contribution in [2.45, 2.75) is 30.3 Å². The molecule has 1 N–H and O–H groups in total. The van der Waals surface area contributed by atoms with Crippen molar-refractivity contribution in [1.29, 1.82) is 0 Å². The summed E-state index contributed by atoms with van der Waals surface area (Å²) in [6, 6.07) is 9.16. The molecule has 0 radical (unpaired) electrons. The minimum absolute atomic E-state index is 0.288. The molecule has 0 spiro atoms. The Hall–Kier alpha value is -2.25. The summed E-state index contributed by atoms with van der Waals surface area (Å²) >= 11 is 7.91. The molecule has 0 saturated heterocycles. The maximum absolute atomic E-state index is 12.7. The summed E-state index contributed by atoms with van der Waals surface area (Å²) in [4.78, 5) is 12.7. The lowest BCUT2D eigenvalue weighted by Gasteiger charge is -2.10. The zero-order chi connectivity index (χ0) is 17.7. The van der Waals surface area contributed by atoms with E-state index in [1.165, 1.54) is 0 Å². The molecular formula is C18H15ClN4O2S. The van der Waals surface area contributed by atoms with Crippen LogP contribution in [0.1, 0.15) is 46.3 Å². The monoisotopic (exact) mass is 386 g/mol. The number of fused-ring (bicyclic) bond motifs is 1. The molecule has 0 atom stereocenters. The van der Waals surface area contributed by atoms with Crippen molar-refractivity contribution in [1.82, 2.24) is 14.9 Å². The molecule has 5 rings (SSSR count). The highest BCUT2D eigenvalue weighted by Gasteiger charge is 2.30. The Balaban J connectivity index is 1.50. The predicted molar refractivity (Wildman–Crippen MR) is 100 cm³/mol. The molecule has 1 saturated carbocycles. The van der Waals surface area contributed by atoms with E-state index in [-0.39, 0.29) is 5.91 Å². The van der Waals surface area contributed by atoms with E-state index in [0.29, 0.717) is 22.5 Å². The molecular weight excluding hydrogens is 372 g/mol. The Bertz CT molecular complexity index is 1010. The van der Waals surface area contributed by atoms with Crippen LogP contribution in [0.3, 0.4) is 0 Å². The first-order valence-electron chi connectivity index (χ1n) is 8.41. The number of rotatable bonds is 4. The van der Waals surface area contributed by atoms with Gasteiger partial charge in [-0.05, 0) is 31.0 Å². The smallest absolute Gasteiger partial charge is 0.279 e. The standard InChI is InChI=1S/C18H15ClN4O2S/c19-11-2-1-3-12(6-11)23-17(13-8-26-9-15(13)21-23)20-18(24)14-7-16(25-22-14)10-4-5-10/h1-3,6-7,10H,4-5,8-9H2,(H,20,24). The molecule has 0 bridgehead atoms. The maximum Gasteiger partial charge on any atom is 0.279 e. The van der Waals surface area contributed by atoms with Gasteiger partial charge in [0.25, 0.3) is 5.91 Å². The summed E-state index contributed by atoms with van der Waals surface area (Å²) in [6.07, 6.45) is 2.20. The highest BCUT2D eigenvalue weighted by molar-refractivity contribution is 7.98. The van der Waals surface area contributed by atoms with Gasteiger partial charge in [0.05, 0.1) is 11.4 Å². The molecule has 1 aliphatic heterocycles. The van der Waals surface area contributed by atoms with Crippen molar-refractivity contribution < 1.29 is 9.32 Å². The van der Waals surface area contributed by atoms with Crippen molar-refractivity contribution in [3.63, 3.8) is 0 Å². The van der Waals surface area contributed by atoms with Crippen molar-refractivity contribution in [3.8, 4) is 5.69 Å². The third kappa shape index (κ3) is 2.81. The number of hydrogen-bond acceptors (Lipinski definition) is 5. The lowest BCUT2D eigenvalue weighted by atomic mass is 10.2. The molecule has 132 valence electrons. The summed E-state index contributed by atoms with van der Waals surface area (Å²) in [6.45, 7) is 0. The van der Waals surface area contributed by atoms with Crippen molar-refractivity contribution >= 4 is 35.1 Å². The normalized spacial score (nSPS) is 15.9. The van der Waals surface area contributed by atoms with Gasteiger partial charge in [-0.15, -0.1) is 0 Å². The number of carbonyl (C=O) groups excluding carboxylic acids is 1. The number of nitrogens with one attached hydrogen (secondary N) is 1. The minimum atomic E-state index is -0.288. The molecule has 3 heterocycles. The van der Waals surface area contributed by atoms with Gasteiger partial charge in [-0.25, -0.2) is 4.68 Å². The van der Waals surface area contributed by atoms with E-state index in [4.69, 9.17) is 16.1 Å². The number of aromatic nitrogens is 3. The summed E-state index contributed by atoms with van der Waals surface area (Å²) in [5.74, 6) is 3.25. The van der Waals surface area contributed by atoms with Gasteiger partial charge >= 0.3 is 0 Å². The van der Waals surface area contributed by atoms with Crippen LogP contribution < -0.4 is 5.32 Å². The van der Waals surface area contributed by atoms with E-state index in [9.17, 15) is 4.79 Å². The van der Waals surface area contributed by atoms with E-state index < -0.39 is 0 Å². The Morgan fingerprint density at radius 1 is 1.31 bits per heavy atom. The zero-order valence-electron chi connectivity index (χ0n) is 13.7. The molecule has 1 aromatic carbocycles. The summed E-state index contributed by atoms with van der Waals surface area (Å²) in [7, 11) is 0. The van der Waals surface area contributed by atoms with E-state index in [1.807, 2.05) is 24.3 Å². The quantitative estimate of drug-likeness (QED) is 0.719. The third-order valence-electron chi connectivity index (χ3n) is 4.58. The van der Waals surface area contributed by atoms with Gasteiger partial charge in [-0.3, -0.25) is 4.79 Å². The average molecular weight is 387 g/mol. The number of anilines is 1. The van der Waals surface area contributed by atoms with E-state index in [2.05, 4.69) is 15.6 Å². The van der Waals surface area contributed by atoms with Crippen molar-refractivity contribution in [2.75, 3.05) is 5.32 Å². The average Bonchev–Trinajstić information content (AvgIpc) is 3.06. The highest BCUT2D eigenvalue weighted by atomic mass is 35.5.